The first-order chi connectivity index (χ1) is 15.5. The highest BCUT2D eigenvalue weighted by Crippen LogP contribution is 2.21. The van der Waals surface area contributed by atoms with Crippen LogP contribution in [0.3, 0.4) is 0 Å². The van der Waals surface area contributed by atoms with E-state index in [-0.39, 0.29) is 19.1 Å². The van der Waals surface area contributed by atoms with E-state index < -0.39 is 11.2 Å². The minimum Gasteiger partial charge on any atom is -0.460 e. The first kappa shape index (κ1) is 21.8. The van der Waals surface area contributed by atoms with Gasteiger partial charge in [-0.25, -0.2) is 4.79 Å². The zero-order valence-corrected chi connectivity index (χ0v) is 18.4. The summed E-state index contributed by atoms with van der Waals surface area (Å²) in [4.78, 5) is 47.9. The van der Waals surface area contributed by atoms with Crippen LogP contribution in [0.1, 0.15) is 18.9 Å². The van der Waals surface area contributed by atoms with Crippen LogP contribution in [-0.4, -0.2) is 62.7 Å². The third kappa shape index (κ3) is 4.45. The average molecular weight is 441 g/mol. The van der Waals surface area contributed by atoms with E-state index in [9.17, 15) is 14.4 Å². The number of imidazole rings is 1. The van der Waals surface area contributed by atoms with Crippen LogP contribution < -0.4 is 16.1 Å². The molecule has 1 saturated heterocycles. The van der Waals surface area contributed by atoms with Gasteiger partial charge in [-0.2, -0.15) is 4.98 Å². The summed E-state index contributed by atoms with van der Waals surface area (Å²) in [7, 11) is 1.60. The Hall–Kier alpha value is -3.40. The molecular weight excluding hydrogens is 412 g/mol. The fraction of sp³-hybridized carbons (Fsp3) is 0.455. The zero-order valence-electron chi connectivity index (χ0n) is 18.4. The van der Waals surface area contributed by atoms with Gasteiger partial charge in [-0.3, -0.25) is 24.0 Å². The Bertz CT molecular complexity index is 1200. The number of piperazine rings is 1. The van der Waals surface area contributed by atoms with Crippen molar-refractivity contribution in [2.24, 2.45) is 7.05 Å². The van der Waals surface area contributed by atoms with Gasteiger partial charge >= 0.3 is 11.7 Å². The summed E-state index contributed by atoms with van der Waals surface area (Å²) in [6, 6.07) is 9.61. The number of H-pyrrole nitrogens is 1. The second-order valence-electron chi connectivity index (χ2n) is 7.96. The Morgan fingerprint density at radius 3 is 2.53 bits per heavy atom. The van der Waals surface area contributed by atoms with E-state index in [4.69, 9.17) is 4.74 Å². The Labute approximate surface area is 185 Å². The number of nitrogens with zero attached hydrogens (tertiary/aromatic N) is 5. The standard InChI is InChI=1S/C22H28N6O4/c1-3-9-28-18-19(25(2)22(31)24-20(18)30)23-21(28)27-12-10-26(11-13-27)14-17(29)32-15-16-7-5-4-6-8-16/h4-8H,3,9-15H2,1-2H3,(H,24,30,31). The van der Waals surface area contributed by atoms with Crippen LogP contribution in [0.5, 0.6) is 0 Å². The van der Waals surface area contributed by atoms with Gasteiger partial charge in [0.05, 0.1) is 6.54 Å². The molecule has 3 aromatic rings. The maximum atomic E-state index is 12.5. The molecule has 1 N–H and O–H groups in total. The minimum absolute atomic E-state index is 0.236. The number of aromatic nitrogens is 4. The summed E-state index contributed by atoms with van der Waals surface area (Å²) in [5.74, 6) is 0.432. The predicted molar refractivity (Wildman–Crippen MR) is 121 cm³/mol. The molecule has 1 fully saturated rings. The molecule has 4 rings (SSSR count). The number of ether oxygens (including phenoxy) is 1. The SMILES string of the molecule is CCCn1c(N2CCN(CC(=O)OCc3ccccc3)CC2)nc2c1c(=O)[nH]c(=O)n2C. The number of esters is 1. The fourth-order valence-electron chi connectivity index (χ4n) is 3.97. The van der Waals surface area contributed by atoms with Crippen molar-refractivity contribution in [1.29, 1.82) is 0 Å². The summed E-state index contributed by atoms with van der Waals surface area (Å²) in [6.45, 7) is 5.82. The molecule has 2 aromatic heterocycles. The summed E-state index contributed by atoms with van der Waals surface area (Å²) in [5.41, 5.74) is 0.860. The van der Waals surface area contributed by atoms with E-state index in [1.165, 1.54) is 4.57 Å². The van der Waals surface area contributed by atoms with Gasteiger partial charge in [0, 0.05) is 39.8 Å². The molecule has 170 valence electrons. The summed E-state index contributed by atoms with van der Waals surface area (Å²) in [5, 5.41) is 0. The normalized spacial score (nSPS) is 14.8. The molecule has 1 aliphatic heterocycles. The molecule has 0 spiro atoms. The quantitative estimate of drug-likeness (QED) is 0.539. The van der Waals surface area contributed by atoms with Gasteiger partial charge in [0.15, 0.2) is 11.2 Å². The van der Waals surface area contributed by atoms with Crippen LogP contribution >= 0.6 is 0 Å². The van der Waals surface area contributed by atoms with Crippen LogP contribution in [0.2, 0.25) is 0 Å². The second-order valence-corrected chi connectivity index (χ2v) is 7.96. The van der Waals surface area contributed by atoms with Crippen LogP contribution in [0.25, 0.3) is 11.2 Å². The predicted octanol–water partition coefficient (Wildman–Crippen LogP) is 0.699. The van der Waals surface area contributed by atoms with Crippen LogP contribution in [0, 0.1) is 0 Å². The number of rotatable bonds is 7. The Kier molecular flexibility index (Phi) is 6.40. The zero-order chi connectivity index (χ0) is 22.7. The molecule has 32 heavy (non-hydrogen) atoms. The van der Waals surface area contributed by atoms with Crippen LogP contribution in [0.15, 0.2) is 39.9 Å². The highest BCUT2D eigenvalue weighted by molar-refractivity contribution is 5.74. The average Bonchev–Trinajstić information content (AvgIpc) is 3.18. The number of aryl methyl sites for hydroxylation is 2. The van der Waals surface area contributed by atoms with E-state index in [2.05, 4.69) is 19.8 Å². The van der Waals surface area contributed by atoms with Crippen molar-refractivity contribution in [3.8, 4) is 0 Å². The molecule has 10 heteroatoms. The summed E-state index contributed by atoms with van der Waals surface area (Å²) >= 11 is 0. The van der Waals surface area contributed by atoms with Crippen molar-refractivity contribution in [3.05, 3.63) is 56.7 Å². The monoisotopic (exact) mass is 440 g/mol. The molecule has 0 bridgehead atoms. The lowest BCUT2D eigenvalue weighted by atomic mass is 10.2. The van der Waals surface area contributed by atoms with Crippen molar-refractivity contribution in [3.63, 3.8) is 0 Å². The highest BCUT2D eigenvalue weighted by Gasteiger charge is 2.25. The summed E-state index contributed by atoms with van der Waals surface area (Å²) in [6.07, 6.45) is 0.827. The van der Waals surface area contributed by atoms with Crippen molar-refractivity contribution >= 4 is 23.1 Å². The largest absolute Gasteiger partial charge is 0.460 e. The van der Waals surface area contributed by atoms with E-state index in [0.29, 0.717) is 49.8 Å². The number of fused-ring (bicyclic) bond motifs is 1. The summed E-state index contributed by atoms with van der Waals surface area (Å²) < 4.78 is 8.64. The van der Waals surface area contributed by atoms with E-state index >= 15 is 0 Å². The van der Waals surface area contributed by atoms with Gasteiger partial charge in [-0.15, -0.1) is 0 Å². The minimum atomic E-state index is -0.478. The smallest absolute Gasteiger partial charge is 0.329 e. The number of carbonyl (C=O) groups excluding carboxylic acids is 1. The van der Waals surface area contributed by atoms with Crippen molar-refractivity contribution in [1.82, 2.24) is 24.0 Å². The van der Waals surface area contributed by atoms with Crippen molar-refractivity contribution < 1.29 is 9.53 Å². The molecule has 0 aliphatic carbocycles. The lowest BCUT2D eigenvalue weighted by molar-refractivity contribution is -0.146. The molecule has 1 aromatic carbocycles. The number of anilines is 1. The number of aromatic amines is 1. The lowest BCUT2D eigenvalue weighted by Gasteiger charge is -2.34. The van der Waals surface area contributed by atoms with Gasteiger partial charge in [0.2, 0.25) is 5.95 Å². The molecule has 1 aliphatic rings. The maximum Gasteiger partial charge on any atom is 0.329 e. The first-order valence-corrected chi connectivity index (χ1v) is 10.8. The fourth-order valence-corrected chi connectivity index (χ4v) is 3.97. The second kappa shape index (κ2) is 9.39. The van der Waals surface area contributed by atoms with Gasteiger partial charge in [0.25, 0.3) is 5.56 Å². The van der Waals surface area contributed by atoms with Gasteiger partial charge < -0.3 is 14.2 Å². The molecule has 0 saturated carbocycles. The van der Waals surface area contributed by atoms with Gasteiger partial charge in [0.1, 0.15) is 6.61 Å². The number of hydrogen-bond acceptors (Lipinski definition) is 7. The molecule has 3 heterocycles. The van der Waals surface area contributed by atoms with E-state index in [1.54, 1.807) is 7.05 Å². The first-order valence-electron chi connectivity index (χ1n) is 10.8. The molecule has 0 amide bonds. The Morgan fingerprint density at radius 2 is 1.84 bits per heavy atom. The van der Waals surface area contributed by atoms with Gasteiger partial charge in [-0.1, -0.05) is 37.3 Å². The van der Waals surface area contributed by atoms with Gasteiger partial charge in [-0.05, 0) is 12.0 Å². The molecule has 10 nitrogen and oxygen atoms in total. The third-order valence-electron chi connectivity index (χ3n) is 5.68. The van der Waals surface area contributed by atoms with Crippen molar-refractivity contribution in [2.45, 2.75) is 26.5 Å². The van der Waals surface area contributed by atoms with Crippen molar-refractivity contribution in [2.75, 3.05) is 37.6 Å². The number of carbonyl (C=O) groups is 1. The number of benzene rings is 1. The molecule has 0 unspecified atom stereocenters. The van der Waals surface area contributed by atoms with E-state index in [0.717, 1.165) is 12.0 Å². The number of hydrogen-bond donors (Lipinski definition) is 1. The molecular formula is C22H28N6O4. The molecule has 0 atom stereocenters. The Balaban J connectivity index is 1.43. The van der Waals surface area contributed by atoms with Crippen LogP contribution in [0.4, 0.5) is 5.95 Å². The van der Waals surface area contributed by atoms with E-state index in [1.807, 2.05) is 41.8 Å². The van der Waals surface area contributed by atoms with Crippen LogP contribution in [-0.2, 0) is 29.7 Å². The highest BCUT2D eigenvalue weighted by atomic mass is 16.5. The number of nitrogens with one attached hydrogen (secondary N) is 1. The Morgan fingerprint density at radius 1 is 1.12 bits per heavy atom. The third-order valence-corrected chi connectivity index (χ3v) is 5.68. The topological polar surface area (TPSA) is 105 Å². The molecule has 0 radical (unpaired) electrons. The maximum absolute atomic E-state index is 12.5. The lowest BCUT2D eigenvalue weighted by Crippen LogP contribution is -2.49.